The standard InChI is InChI=1S/C23H27N3O5S/c1-24-22(27)18-7-5-17(6-8-18)16-26(20-9-10-20)23(28)19-3-2-4-21(15-19)32(29,30)25-11-13-31-14-12-25/h2-8,15,20H,9-14,16H2,1H3,(H,24,27). The Kier molecular flexibility index (Phi) is 6.59. The van der Waals surface area contributed by atoms with Gasteiger partial charge in [-0.2, -0.15) is 4.31 Å². The van der Waals surface area contributed by atoms with Crippen molar-refractivity contribution in [2.45, 2.75) is 30.3 Å². The van der Waals surface area contributed by atoms with Gasteiger partial charge in [0.2, 0.25) is 10.0 Å². The molecular formula is C23H27N3O5S. The van der Waals surface area contributed by atoms with Crippen molar-refractivity contribution in [2.75, 3.05) is 33.4 Å². The molecule has 2 fully saturated rings. The van der Waals surface area contributed by atoms with Crippen LogP contribution in [0.25, 0.3) is 0 Å². The number of carbonyl (C=O) groups is 2. The molecule has 8 nitrogen and oxygen atoms in total. The summed E-state index contributed by atoms with van der Waals surface area (Å²) < 4.78 is 32.6. The van der Waals surface area contributed by atoms with E-state index in [0.717, 1.165) is 18.4 Å². The van der Waals surface area contributed by atoms with Gasteiger partial charge in [0.1, 0.15) is 0 Å². The molecule has 1 N–H and O–H groups in total. The van der Waals surface area contributed by atoms with E-state index >= 15 is 0 Å². The van der Waals surface area contributed by atoms with Crippen molar-refractivity contribution in [3.63, 3.8) is 0 Å². The highest BCUT2D eigenvalue weighted by Gasteiger charge is 2.34. The lowest BCUT2D eigenvalue weighted by Crippen LogP contribution is -2.40. The second kappa shape index (κ2) is 9.40. The van der Waals surface area contributed by atoms with E-state index in [1.165, 1.54) is 16.4 Å². The van der Waals surface area contributed by atoms with E-state index in [1.54, 1.807) is 36.2 Å². The van der Waals surface area contributed by atoms with E-state index < -0.39 is 10.0 Å². The van der Waals surface area contributed by atoms with E-state index in [0.29, 0.717) is 44.0 Å². The first-order chi connectivity index (χ1) is 15.4. The fourth-order valence-electron chi connectivity index (χ4n) is 3.75. The summed E-state index contributed by atoms with van der Waals surface area (Å²) in [6.45, 7) is 1.75. The summed E-state index contributed by atoms with van der Waals surface area (Å²) in [5.74, 6) is -0.355. The molecule has 170 valence electrons. The number of nitrogens with one attached hydrogen (secondary N) is 1. The molecule has 2 amide bonds. The summed E-state index contributed by atoms with van der Waals surface area (Å²) in [6.07, 6.45) is 1.85. The molecule has 0 atom stereocenters. The number of morpholine rings is 1. The van der Waals surface area contributed by atoms with Crippen LogP contribution in [0.4, 0.5) is 0 Å². The van der Waals surface area contributed by atoms with E-state index in [2.05, 4.69) is 5.32 Å². The number of amides is 2. The lowest BCUT2D eigenvalue weighted by Gasteiger charge is -2.26. The van der Waals surface area contributed by atoms with E-state index in [-0.39, 0.29) is 22.8 Å². The monoisotopic (exact) mass is 457 g/mol. The minimum absolute atomic E-state index is 0.121. The fraction of sp³-hybridized carbons (Fsp3) is 0.391. The van der Waals surface area contributed by atoms with Crippen molar-refractivity contribution in [3.05, 3.63) is 65.2 Å². The van der Waals surface area contributed by atoms with Crippen LogP contribution >= 0.6 is 0 Å². The average Bonchev–Trinajstić information content (AvgIpc) is 3.68. The van der Waals surface area contributed by atoms with Gasteiger partial charge in [-0.15, -0.1) is 0 Å². The molecule has 32 heavy (non-hydrogen) atoms. The van der Waals surface area contributed by atoms with Gasteiger partial charge in [0.05, 0.1) is 18.1 Å². The maximum atomic E-state index is 13.3. The zero-order valence-corrected chi connectivity index (χ0v) is 18.8. The summed E-state index contributed by atoms with van der Waals surface area (Å²) in [5.41, 5.74) is 1.82. The number of carbonyl (C=O) groups excluding carboxylic acids is 2. The highest BCUT2D eigenvalue weighted by Crippen LogP contribution is 2.30. The Morgan fingerprint density at radius 1 is 1.06 bits per heavy atom. The Morgan fingerprint density at radius 2 is 1.75 bits per heavy atom. The number of hydrogen-bond acceptors (Lipinski definition) is 5. The summed E-state index contributed by atoms with van der Waals surface area (Å²) >= 11 is 0. The Labute approximate surface area is 188 Å². The van der Waals surface area contributed by atoms with Gasteiger partial charge < -0.3 is 15.0 Å². The zero-order valence-electron chi connectivity index (χ0n) is 18.0. The van der Waals surface area contributed by atoms with Gasteiger partial charge in [-0.3, -0.25) is 9.59 Å². The minimum Gasteiger partial charge on any atom is -0.379 e. The van der Waals surface area contributed by atoms with Crippen molar-refractivity contribution in [1.29, 1.82) is 0 Å². The summed E-state index contributed by atoms with van der Waals surface area (Å²) in [5, 5.41) is 2.59. The first-order valence-electron chi connectivity index (χ1n) is 10.7. The lowest BCUT2D eigenvalue weighted by molar-refractivity contribution is 0.0725. The highest BCUT2D eigenvalue weighted by atomic mass is 32.2. The highest BCUT2D eigenvalue weighted by molar-refractivity contribution is 7.89. The van der Waals surface area contributed by atoms with Gasteiger partial charge in [-0.05, 0) is 48.7 Å². The van der Waals surface area contributed by atoms with Gasteiger partial charge in [-0.1, -0.05) is 18.2 Å². The van der Waals surface area contributed by atoms with E-state index in [1.807, 2.05) is 12.1 Å². The Hall–Kier alpha value is -2.75. The van der Waals surface area contributed by atoms with Crippen LogP contribution in [0.1, 0.15) is 39.1 Å². The fourth-order valence-corrected chi connectivity index (χ4v) is 5.20. The quantitative estimate of drug-likeness (QED) is 0.685. The summed E-state index contributed by atoms with van der Waals surface area (Å²) in [7, 11) is -2.10. The largest absolute Gasteiger partial charge is 0.379 e. The van der Waals surface area contributed by atoms with Crippen molar-refractivity contribution in [2.24, 2.45) is 0 Å². The van der Waals surface area contributed by atoms with Crippen LogP contribution in [0.15, 0.2) is 53.4 Å². The molecule has 2 aliphatic rings. The van der Waals surface area contributed by atoms with E-state index in [9.17, 15) is 18.0 Å². The molecule has 0 aromatic heterocycles. The zero-order chi connectivity index (χ0) is 22.7. The summed E-state index contributed by atoms with van der Waals surface area (Å²) in [4.78, 5) is 27.0. The summed E-state index contributed by atoms with van der Waals surface area (Å²) in [6, 6.07) is 13.6. The molecule has 4 rings (SSSR count). The Balaban J connectivity index is 1.54. The SMILES string of the molecule is CNC(=O)c1ccc(CN(C(=O)c2cccc(S(=O)(=O)N3CCOCC3)c2)C2CC2)cc1. The van der Waals surface area contributed by atoms with Crippen molar-refractivity contribution in [3.8, 4) is 0 Å². The Morgan fingerprint density at radius 3 is 2.38 bits per heavy atom. The number of rotatable bonds is 7. The van der Waals surface area contributed by atoms with Crippen molar-refractivity contribution >= 4 is 21.8 Å². The van der Waals surface area contributed by atoms with Crippen LogP contribution in [0.2, 0.25) is 0 Å². The molecule has 0 unspecified atom stereocenters. The smallest absolute Gasteiger partial charge is 0.254 e. The lowest BCUT2D eigenvalue weighted by atomic mass is 10.1. The number of nitrogens with zero attached hydrogens (tertiary/aromatic N) is 2. The second-order valence-corrected chi connectivity index (χ2v) is 9.92. The third-order valence-electron chi connectivity index (χ3n) is 5.73. The van der Waals surface area contributed by atoms with Crippen LogP contribution in [0, 0.1) is 0 Å². The predicted molar refractivity (Wildman–Crippen MR) is 119 cm³/mol. The molecule has 1 saturated carbocycles. The maximum absolute atomic E-state index is 13.3. The van der Waals surface area contributed by atoms with Crippen LogP contribution < -0.4 is 5.32 Å². The molecule has 2 aromatic carbocycles. The average molecular weight is 458 g/mol. The predicted octanol–water partition coefficient (Wildman–Crippen LogP) is 1.87. The second-order valence-electron chi connectivity index (χ2n) is 7.98. The molecule has 2 aromatic rings. The minimum atomic E-state index is -3.68. The Bertz CT molecular complexity index is 1090. The van der Waals surface area contributed by atoms with Crippen LogP contribution in [-0.2, 0) is 21.3 Å². The molecule has 0 spiro atoms. The third kappa shape index (κ3) is 4.85. The molecule has 1 heterocycles. The molecule has 1 aliphatic heterocycles. The number of hydrogen-bond donors (Lipinski definition) is 1. The molecular weight excluding hydrogens is 430 g/mol. The maximum Gasteiger partial charge on any atom is 0.254 e. The topological polar surface area (TPSA) is 96.0 Å². The third-order valence-corrected chi connectivity index (χ3v) is 7.63. The number of benzene rings is 2. The van der Waals surface area contributed by atoms with E-state index in [4.69, 9.17) is 4.74 Å². The van der Waals surface area contributed by atoms with Crippen LogP contribution in [0.3, 0.4) is 0 Å². The normalized spacial score (nSPS) is 17.0. The van der Waals surface area contributed by atoms with Gasteiger partial charge in [0.15, 0.2) is 0 Å². The van der Waals surface area contributed by atoms with Gasteiger partial charge in [0, 0.05) is 43.9 Å². The first kappa shape index (κ1) is 22.4. The number of sulfonamides is 1. The molecule has 0 radical (unpaired) electrons. The first-order valence-corrected chi connectivity index (χ1v) is 12.1. The van der Waals surface area contributed by atoms with Gasteiger partial charge in [0.25, 0.3) is 11.8 Å². The number of ether oxygens (including phenoxy) is 1. The molecule has 1 saturated heterocycles. The van der Waals surface area contributed by atoms with Crippen molar-refractivity contribution < 1.29 is 22.7 Å². The molecule has 0 bridgehead atoms. The molecule has 1 aliphatic carbocycles. The van der Waals surface area contributed by atoms with Crippen LogP contribution in [0.5, 0.6) is 0 Å². The molecule has 9 heteroatoms. The van der Waals surface area contributed by atoms with Crippen LogP contribution in [-0.4, -0.2) is 68.8 Å². The van der Waals surface area contributed by atoms with Gasteiger partial charge in [-0.25, -0.2) is 8.42 Å². The van der Waals surface area contributed by atoms with Gasteiger partial charge >= 0.3 is 0 Å². The van der Waals surface area contributed by atoms with Crippen molar-refractivity contribution in [1.82, 2.24) is 14.5 Å².